The quantitative estimate of drug-likeness (QED) is 0.590. The zero-order valence-corrected chi connectivity index (χ0v) is 10.4. The highest BCUT2D eigenvalue weighted by Gasteiger charge is 2.56. The van der Waals surface area contributed by atoms with E-state index in [1.54, 1.807) is 0 Å². The van der Waals surface area contributed by atoms with E-state index in [0.29, 0.717) is 11.8 Å². The van der Waals surface area contributed by atoms with E-state index in [9.17, 15) is 19.8 Å². The second kappa shape index (κ2) is 4.91. The smallest absolute Gasteiger partial charge is 0.353 e. The lowest BCUT2D eigenvalue weighted by Crippen LogP contribution is -2.61. The number of carbonyl (C=O) groups is 2. The molecule has 2 aliphatic heterocycles. The van der Waals surface area contributed by atoms with Crippen molar-refractivity contribution in [3.8, 4) is 0 Å². The van der Waals surface area contributed by atoms with E-state index in [0.717, 1.165) is 4.90 Å². The Bertz CT molecular complexity index is 561. The monoisotopic (exact) mass is 276 g/mol. The summed E-state index contributed by atoms with van der Waals surface area (Å²) >= 11 is 0.373. The molecule has 1 saturated heterocycles. The third-order valence-corrected chi connectivity index (χ3v) is 3.95. The lowest BCUT2D eigenvalue weighted by atomic mass is 9.83. The van der Waals surface area contributed by atoms with Gasteiger partial charge in [-0.25, -0.2) is 4.79 Å². The Morgan fingerprint density at radius 1 is 1.78 bits per heavy atom. The van der Waals surface area contributed by atoms with Crippen molar-refractivity contribution in [1.29, 1.82) is 0 Å². The molecule has 2 heterocycles. The van der Waals surface area contributed by atoms with Gasteiger partial charge in [-0.15, -0.1) is 11.8 Å². The van der Waals surface area contributed by atoms with Gasteiger partial charge in [0.2, 0.25) is 5.91 Å². The van der Waals surface area contributed by atoms with Crippen LogP contribution in [0.25, 0.3) is 0 Å². The summed E-state index contributed by atoms with van der Waals surface area (Å²) in [4.78, 5) is 24.4. The van der Waals surface area contributed by atoms with Crippen LogP contribution in [0.2, 0.25) is 0 Å². The van der Waals surface area contributed by atoms with Crippen molar-refractivity contribution in [2.75, 3.05) is 12.2 Å². The molecule has 0 aromatic carbocycles. The zero-order valence-electron chi connectivity index (χ0n) is 13.6. The van der Waals surface area contributed by atoms with Crippen LogP contribution < -0.4 is 5.73 Å². The van der Waals surface area contributed by atoms with Gasteiger partial charge in [-0.3, -0.25) is 4.79 Å². The first kappa shape index (κ1) is 8.95. The Labute approximate surface area is 114 Å². The standard InChI is InChI=1S/C11H16N2O4S/c1-5(14)8-6-4-7(18-3-2-12)9(11(16)17)13(6)10(8)15/h5-6,8,14H,2-4,12H2,1H3,(H,16,17)/t5-,6-,8-/m1/s1/i2D2,3D2. The van der Waals surface area contributed by atoms with E-state index >= 15 is 0 Å². The van der Waals surface area contributed by atoms with Gasteiger partial charge in [-0.2, -0.15) is 0 Å². The number of hydrogen-bond acceptors (Lipinski definition) is 5. The van der Waals surface area contributed by atoms with Crippen LogP contribution in [0.4, 0.5) is 0 Å². The fourth-order valence-electron chi connectivity index (χ4n) is 2.41. The van der Waals surface area contributed by atoms with Crippen LogP contribution in [0.15, 0.2) is 10.6 Å². The van der Waals surface area contributed by atoms with Gasteiger partial charge in [-0.1, -0.05) is 0 Å². The first-order valence-electron chi connectivity index (χ1n) is 7.34. The molecule has 0 saturated carbocycles. The zero-order chi connectivity index (χ0) is 17.0. The summed E-state index contributed by atoms with van der Waals surface area (Å²) in [5.74, 6) is -2.65. The number of carboxylic acids is 1. The molecule has 0 radical (unpaired) electrons. The largest absolute Gasteiger partial charge is 0.477 e. The third-order valence-electron chi connectivity index (χ3n) is 3.12. The maximum absolute atomic E-state index is 12.0. The number of aliphatic carboxylic acids is 1. The van der Waals surface area contributed by atoms with Crippen molar-refractivity contribution < 1.29 is 25.3 Å². The molecule has 7 heteroatoms. The fourth-order valence-corrected chi connectivity index (χ4v) is 3.13. The number of nitrogens with two attached hydrogens (primary N) is 1. The Morgan fingerprint density at radius 2 is 2.44 bits per heavy atom. The van der Waals surface area contributed by atoms with Crippen molar-refractivity contribution >= 4 is 23.6 Å². The molecule has 3 atom stereocenters. The van der Waals surface area contributed by atoms with E-state index in [1.165, 1.54) is 6.92 Å². The first-order valence-corrected chi connectivity index (χ1v) is 6.15. The van der Waals surface area contributed by atoms with Crippen LogP contribution in [-0.4, -0.2) is 51.3 Å². The molecule has 1 amide bonds. The van der Waals surface area contributed by atoms with Gasteiger partial charge in [0.1, 0.15) is 5.70 Å². The van der Waals surface area contributed by atoms with Gasteiger partial charge in [0.25, 0.3) is 0 Å². The second-order valence-electron chi connectivity index (χ2n) is 4.17. The number of fused-ring (bicyclic) bond motifs is 1. The van der Waals surface area contributed by atoms with E-state index < -0.39 is 42.1 Å². The van der Waals surface area contributed by atoms with Crippen molar-refractivity contribution in [3.63, 3.8) is 0 Å². The van der Waals surface area contributed by atoms with Crippen LogP contribution in [0.5, 0.6) is 0 Å². The molecule has 0 aliphatic carbocycles. The summed E-state index contributed by atoms with van der Waals surface area (Å²) in [6.07, 6.45) is -0.880. The summed E-state index contributed by atoms with van der Waals surface area (Å²) in [6, 6.07) is -0.541. The number of aliphatic hydroxyl groups is 1. The minimum atomic E-state index is -2.68. The Morgan fingerprint density at radius 3 is 2.94 bits per heavy atom. The number of thioether (sulfide) groups is 1. The molecule has 6 nitrogen and oxygen atoms in total. The van der Waals surface area contributed by atoms with E-state index in [2.05, 4.69) is 0 Å². The molecule has 0 bridgehead atoms. The van der Waals surface area contributed by atoms with Crippen LogP contribution in [0.1, 0.15) is 18.8 Å². The number of carbonyl (C=O) groups excluding carboxylic acids is 1. The number of amides is 1. The van der Waals surface area contributed by atoms with E-state index in [-0.39, 0.29) is 17.0 Å². The molecule has 2 rings (SSSR count). The molecule has 0 spiro atoms. The second-order valence-corrected chi connectivity index (χ2v) is 5.07. The molecule has 0 aromatic rings. The number of nitrogens with zero attached hydrogens (tertiary/aromatic N) is 1. The van der Waals surface area contributed by atoms with Gasteiger partial charge >= 0.3 is 5.97 Å². The Hall–Kier alpha value is -1.05. The van der Waals surface area contributed by atoms with Gasteiger partial charge in [0, 0.05) is 29.0 Å². The van der Waals surface area contributed by atoms with Crippen LogP contribution in [0, 0.1) is 5.92 Å². The summed E-state index contributed by atoms with van der Waals surface area (Å²) in [5, 5.41) is 18.9. The maximum atomic E-state index is 12.0. The molecular weight excluding hydrogens is 256 g/mol. The lowest BCUT2D eigenvalue weighted by molar-refractivity contribution is -0.161. The average molecular weight is 276 g/mol. The first-order chi connectivity index (χ1) is 9.88. The normalized spacial score (nSPS) is 33.1. The summed E-state index contributed by atoms with van der Waals surface area (Å²) in [6.45, 7) is -1.25. The van der Waals surface area contributed by atoms with Crippen molar-refractivity contribution in [1.82, 2.24) is 4.90 Å². The number of β-lactam (4-membered cyclic amide) rings is 1. The van der Waals surface area contributed by atoms with Crippen LogP contribution >= 0.6 is 11.8 Å². The predicted octanol–water partition coefficient (Wildman–Crippen LogP) is -0.414. The molecule has 0 aromatic heterocycles. The highest BCUT2D eigenvalue weighted by Crippen LogP contribution is 2.46. The maximum Gasteiger partial charge on any atom is 0.353 e. The molecule has 1 fully saturated rings. The van der Waals surface area contributed by atoms with Crippen molar-refractivity contribution in [3.05, 3.63) is 10.6 Å². The number of rotatable bonds is 5. The summed E-state index contributed by atoms with van der Waals surface area (Å²) in [7, 11) is 0. The highest BCUT2D eigenvalue weighted by atomic mass is 32.2. The Balaban J connectivity index is 2.32. The number of aliphatic hydroxyl groups excluding tert-OH is 1. The molecule has 100 valence electrons. The lowest BCUT2D eigenvalue weighted by Gasteiger charge is -2.44. The van der Waals surface area contributed by atoms with Crippen molar-refractivity contribution in [2.24, 2.45) is 11.7 Å². The minimum Gasteiger partial charge on any atom is -0.477 e. The molecular formula is C11H16N2O4S. The van der Waals surface area contributed by atoms with Crippen molar-refractivity contribution in [2.45, 2.75) is 25.5 Å². The van der Waals surface area contributed by atoms with Gasteiger partial charge in [0.15, 0.2) is 0 Å². The number of carboxylic acid groups (broad SMARTS) is 1. The molecule has 4 N–H and O–H groups in total. The van der Waals surface area contributed by atoms with Gasteiger partial charge < -0.3 is 20.8 Å². The summed E-state index contributed by atoms with van der Waals surface area (Å²) in [5.41, 5.74) is 2.23. The van der Waals surface area contributed by atoms with E-state index in [1.807, 2.05) is 0 Å². The minimum absolute atomic E-state index is 0.0494. The van der Waals surface area contributed by atoms with Gasteiger partial charge in [0.05, 0.1) is 18.1 Å². The molecule has 0 unspecified atom stereocenters. The molecule has 2 aliphatic rings. The average Bonchev–Trinajstić information content (AvgIpc) is 2.61. The summed E-state index contributed by atoms with van der Waals surface area (Å²) < 4.78 is 29.9. The fraction of sp³-hybridized carbons (Fsp3) is 0.636. The number of hydrogen-bond donors (Lipinski definition) is 3. The molecule has 18 heavy (non-hydrogen) atoms. The highest BCUT2D eigenvalue weighted by molar-refractivity contribution is 8.03. The van der Waals surface area contributed by atoms with Crippen LogP contribution in [0.3, 0.4) is 0 Å². The Kier molecular flexibility index (Phi) is 2.44. The topological polar surface area (TPSA) is 104 Å². The van der Waals surface area contributed by atoms with Crippen LogP contribution in [-0.2, 0) is 9.59 Å². The predicted molar refractivity (Wildman–Crippen MR) is 66.6 cm³/mol. The SMILES string of the molecule is [2H]C([2H])(N)C([2H])([2H])SC1=C(C(=O)O)N2C(=O)[C@H]([C@@H](C)O)[C@H]2C1. The van der Waals surface area contributed by atoms with E-state index in [4.69, 9.17) is 11.2 Å². The third kappa shape index (κ3) is 1.92. The van der Waals surface area contributed by atoms with Gasteiger partial charge in [-0.05, 0) is 6.92 Å².